The summed E-state index contributed by atoms with van der Waals surface area (Å²) in [7, 11) is -4.23. The van der Waals surface area contributed by atoms with Crippen molar-refractivity contribution in [2.24, 2.45) is 0 Å². The van der Waals surface area contributed by atoms with E-state index in [-0.39, 0.29) is 12.1 Å². The Balaban J connectivity index is 1.60. The molecule has 0 amide bonds. The maximum atomic E-state index is 13.9. The average Bonchev–Trinajstić information content (AvgIpc) is 3.36. The zero-order chi connectivity index (χ0) is 19.0. The number of rotatable bonds is 6. The summed E-state index contributed by atoms with van der Waals surface area (Å²) >= 11 is 0. The predicted molar refractivity (Wildman–Crippen MR) is 92.7 cm³/mol. The number of nitrogens with zero attached hydrogens (tertiary/aromatic N) is 2. The van der Waals surface area contributed by atoms with Gasteiger partial charge in [0.05, 0.1) is 12.1 Å². The molecule has 0 unspecified atom stereocenters. The molecule has 0 bridgehead atoms. The Morgan fingerprint density at radius 1 is 1.15 bits per heavy atom. The summed E-state index contributed by atoms with van der Waals surface area (Å²) in [6.07, 6.45) is 2.31. The van der Waals surface area contributed by atoms with Crippen LogP contribution < -0.4 is 4.72 Å². The van der Waals surface area contributed by atoms with E-state index in [1.807, 2.05) is 0 Å². The van der Waals surface area contributed by atoms with Crippen molar-refractivity contribution in [2.45, 2.75) is 30.1 Å². The molecule has 1 aliphatic carbocycles. The van der Waals surface area contributed by atoms with Crippen molar-refractivity contribution in [3.63, 3.8) is 0 Å². The molecule has 1 fully saturated rings. The van der Waals surface area contributed by atoms with E-state index >= 15 is 0 Å². The number of para-hydroxylation sites is 1. The number of halogens is 2. The molecule has 27 heavy (non-hydrogen) atoms. The van der Waals surface area contributed by atoms with Crippen LogP contribution in [-0.4, -0.2) is 18.6 Å². The third-order valence-corrected chi connectivity index (χ3v) is 5.61. The first kappa shape index (κ1) is 17.6. The predicted octanol–water partition coefficient (Wildman–Crippen LogP) is 3.62. The molecule has 4 rings (SSSR count). The molecule has 3 aromatic rings. The molecule has 140 valence electrons. The van der Waals surface area contributed by atoms with E-state index in [2.05, 4.69) is 14.9 Å². The second kappa shape index (κ2) is 6.73. The van der Waals surface area contributed by atoms with Gasteiger partial charge in [0.15, 0.2) is 5.82 Å². The van der Waals surface area contributed by atoms with E-state index in [4.69, 9.17) is 4.52 Å². The van der Waals surface area contributed by atoms with Gasteiger partial charge in [0.1, 0.15) is 16.5 Å². The van der Waals surface area contributed by atoms with E-state index in [0.29, 0.717) is 29.3 Å². The van der Waals surface area contributed by atoms with Gasteiger partial charge in [0.2, 0.25) is 5.89 Å². The van der Waals surface area contributed by atoms with E-state index in [9.17, 15) is 17.2 Å². The smallest absolute Gasteiger partial charge is 0.264 e. The summed E-state index contributed by atoms with van der Waals surface area (Å²) < 4.78 is 59.5. The molecule has 1 aromatic heterocycles. The molecule has 0 spiro atoms. The second-order valence-electron chi connectivity index (χ2n) is 6.33. The highest BCUT2D eigenvalue weighted by molar-refractivity contribution is 7.92. The highest BCUT2D eigenvalue weighted by Crippen LogP contribution is 2.38. The number of hydrogen-bond donors (Lipinski definition) is 1. The molecule has 2 aromatic carbocycles. The van der Waals surface area contributed by atoms with Gasteiger partial charge in [0.25, 0.3) is 10.0 Å². The molecule has 0 saturated heterocycles. The van der Waals surface area contributed by atoms with E-state index in [1.165, 1.54) is 0 Å². The van der Waals surface area contributed by atoms with E-state index in [0.717, 1.165) is 25.0 Å². The quantitative estimate of drug-likeness (QED) is 0.694. The largest absolute Gasteiger partial charge is 0.339 e. The molecule has 6 nitrogen and oxygen atoms in total. The Labute approximate surface area is 154 Å². The summed E-state index contributed by atoms with van der Waals surface area (Å²) in [6.45, 7) is 0. The molecule has 1 heterocycles. The fourth-order valence-corrected chi connectivity index (χ4v) is 3.84. The monoisotopic (exact) mass is 391 g/mol. The first-order valence-corrected chi connectivity index (χ1v) is 9.79. The van der Waals surface area contributed by atoms with Gasteiger partial charge in [-0.1, -0.05) is 23.4 Å². The van der Waals surface area contributed by atoms with Crippen molar-refractivity contribution in [3.8, 4) is 0 Å². The Hall–Kier alpha value is -2.81. The zero-order valence-corrected chi connectivity index (χ0v) is 14.8. The minimum atomic E-state index is -4.23. The molecule has 0 aliphatic heterocycles. The van der Waals surface area contributed by atoms with Crippen molar-refractivity contribution >= 4 is 15.7 Å². The summed E-state index contributed by atoms with van der Waals surface area (Å²) in [4.78, 5) is 3.70. The second-order valence-corrected chi connectivity index (χ2v) is 7.99. The standard InChI is InChI=1S/C18H15F2N3O3S/c19-13-7-8-16(14(20)10-13)27(24,25)23-15-4-2-1-3-12(15)9-17-21-18(22-26-17)11-5-6-11/h1-4,7-8,10-11,23H,5-6,9H2. The molecule has 1 aliphatic rings. The normalized spacial score (nSPS) is 14.3. The van der Waals surface area contributed by atoms with Gasteiger partial charge in [-0.15, -0.1) is 0 Å². The lowest BCUT2D eigenvalue weighted by Gasteiger charge is -2.12. The van der Waals surface area contributed by atoms with Gasteiger partial charge in [-0.2, -0.15) is 4.98 Å². The summed E-state index contributed by atoms with van der Waals surface area (Å²) in [5.74, 6) is -0.633. The number of nitrogens with one attached hydrogen (secondary N) is 1. The number of anilines is 1. The van der Waals surface area contributed by atoms with Crippen LogP contribution in [0.1, 0.15) is 36.0 Å². The molecule has 1 saturated carbocycles. The van der Waals surface area contributed by atoms with Gasteiger partial charge in [-0.25, -0.2) is 17.2 Å². The highest BCUT2D eigenvalue weighted by Gasteiger charge is 2.29. The summed E-state index contributed by atoms with van der Waals surface area (Å²) in [6, 6.07) is 8.94. The number of benzene rings is 2. The summed E-state index contributed by atoms with van der Waals surface area (Å²) in [5, 5.41) is 3.94. The fraction of sp³-hybridized carbons (Fsp3) is 0.222. The van der Waals surface area contributed by atoms with Crippen LogP contribution in [0, 0.1) is 11.6 Å². The molecule has 9 heteroatoms. The number of aromatic nitrogens is 2. The topological polar surface area (TPSA) is 85.1 Å². The number of sulfonamides is 1. The van der Waals surface area contributed by atoms with Gasteiger partial charge in [-0.3, -0.25) is 4.72 Å². The first-order valence-electron chi connectivity index (χ1n) is 8.30. The Kier molecular flexibility index (Phi) is 4.39. The van der Waals surface area contributed by atoms with Gasteiger partial charge in [0, 0.05) is 12.0 Å². The Bertz CT molecular complexity index is 1090. The molecule has 0 atom stereocenters. The fourth-order valence-electron chi connectivity index (χ4n) is 2.68. The van der Waals surface area contributed by atoms with Crippen LogP contribution in [0.3, 0.4) is 0 Å². The van der Waals surface area contributed by atoms with Crippen LogP contribution in [-0.2, 0) is 16.4 Å². The lowest BCUT2D eigenvalue weighted by molar-refractivity contribution is 0.379. The van der Waals surface area contributed by atoms with Crippen molar-refractivity contribution in [2.75, 3.05) is 4.72 Å². The van der Waals surface area contributed by atoms with Crippen LogP contribution in [0.2, 0.25) is 0 Å². The van der Waals surface area contributed by atoms with Gasteiger partial charge in [-0.05, 0) is 36.6 Å². The Morgan fingerprint density at radius 3 is 2.67 bits per heavy atom. The van der Waals surface area contributed by atoms with Crippen molar-refractivity contribution in [3.05, 3.63) is 71.4 Å². The Morgan fingerprint density at radius 2 is 1.93 bits per heavy atom. The minimum absolute atomic E-state index is 0.227. The van der Waals surface area contributed by atoms with Crippen LogP contribution in [0.4, 0.5) is 14.5 Å². The minimum Gasteiger partial charge on any atom is -0.339 e. The molecular formula is C18H15F2N3O3S. The van der Waals surface area contributed by atoms with E-state index in [1.54, 1.807) is 24.3 Å². The summed E-state index contributed by atoms with van der Waals surface area (Å²) in [5.41, 5.74) is 0.849. The van der Waals surface area contributed by atoms with Crippen molar-refractivity contribution < 1.29 is 21.7 Å². The maximum absolute atomic E-state index is 13.9. The van der Waals surface area contributed by atoms with Crippen LogP contribution in [0.25, 0.3) is 0 Å². The zero-order valence-electron chi connectivity index (χ0n) is 14.0. The van der Waals surface area contributed by atoms with Crippen LogP contribution in [0.15, 0.2) is 51.9 Å². The maximum Gasteiger partial charge on any atom is 0.264 e. The third kappa shape index (κ3) is 3.82. The SMILES string of the molecule is O=S(=O)(Nc1ccccc1Cc1nc(C2CC2)no1)c1ccc(F)cc1F. The van der Waals surface area contributed by atoms with E-state index < -0.39 is 26.6 Å². The molecular weight excluding hydrogens is 376 g/mol. The van der Waals surface area contributed by atoms with Crippen LogP contribution >= 0.6 is 0 Å². The van der Waals surface area contributed by atoms with Gasteiger partial charge >= 0.3 is 0 Å². The first-order chi connectivity index (χ1) is 12.9. The highest BCUT2D eigenvalue weighted by atomic mass is 32.2. The number of hydrogen-bond acceptors (Lipinski definition) is 5. The molecule has 1 N–H and O–H groups in total. The van der Waals surface area contributed by atoms with Crippen molar-refractivity contribution in [1.29, 1.82) is 0 Å². The van der Waals surface area contributed by atoms with Crippen molar-refractivity contribution in [1.82, 2.24) is 10.1 Å². The lowest BCUT2D eigenvalue weighted by atomic mass is 10.1. The van der Waals surface area contributed by atoms with Gasteiger partial charge < -0.3 is 4.52 Å². The lowest BCUT2D eigenvalue weighted by Crippen LogP contribution is -2.16. The third-order valence-electron chi connectivity index (χ3n) is 4.21. The van der Waals surface area contributed by atoms with Crippen LogP contribution in [0.5, 0.6) is 0 Å². The average molecular weight is 391 g/mol. The molecule has 0 radical (unpaired) electrons.